The van der Waals surface area contributed by atoms with E-state index in [4.69, 9.17) is 4.74 Å². The highest BCUT2D eigenvalue weighted by Gasteiger charge is 2.26. The SMILES string of the molecule is CC1(C)CC(I)CCO1. The summed E-state index contributed by atoms with van der Waals surface area (Å²) in [6, 6.07) is 0. The largest absolute Gasteiger partial charge is 0.375 e. The van der Waals surface area contributed by atoms with Crippen LogP contribution in [-0.2, 0) is 4.74 Å². The molecule has 0 spiro atoms. The zero-order valence-electron chi connectivity index (χ0n) is 5.98. The van der Waals surface area contributed by atoms with Gasteiger partial charge >= 0.3 is 0 Å². The zero-order valence-corrected chi connectivity index (χ0v) is 8.14. The molecule has 1 rings (SSSR count). The molecule has 0 bridgehead atoms. The molecule has 0 amide bonds. The lowest BCUT2D eigenvalue weighted by Crippen LogP contribution is -2.33. The molecular weight excluding hydrogens is 227 g/mol. The minimum atomic E-state index is 0.143. The lowest BCUT2D eigenvalue weighted by molar-refractivity contribution is -0.0467. The van der Waals surface area contributed by atoms with E-state index in [1.807, 2.05) is 0 Å². The van der Waals surface area contributed by atoms with Gasteiger partial charge in [-0.2, -0.15) is 0 Å². The first-order valence-corrected chi connectivity index (χ1v) is 4.63. The van der Waals surface area contributed by atoms with Gasteiger partial charge in [0, 0.05) is 10.5 Å². The molecule has 2 heteroatoms. The molecule has 54 valence electrons. The Morgan fingerprint density at radius 3 is 2.56 bits per heavy atom. The van der Waals surface area contributed by atoms with Gasteiger partial charge < -0.3 is 4.74 Å². The van der Waals surface area contributed by atoms with Crippen molar-refractivity contribution in [2.24, 2.45) is 0 Å². The fraction of sp³-hybridized carbons (Fsp3) is 1.00. The minimum absolute atomic E-state index is 0.143. The molecule has 0 radical (unpaired) electrons. The number of ether oxygens (including phenoxy) is 1. The standard InChI is InChI=1S/C7H13IO/c1-7(2)5-6(8)3-4-9-7/h6H,3-5H2,1-2H3. The van der Waals surface area contributed by atoms with E-state index in [1.165, 1.54) is 12.8 Å². The van der Waals surface area contributed by atoms with Crippen LogP contribution >= 0.6 is 22.6 Å². The first-order valence-electron chi connectivity index (χ1n) is 3.38. The smallest absolute Gasteiger partial charge is 0.0636 e. The van der Waals surface area contributed by atoms with Crippen molar-refractivity contribution < 1.29 is 4.74 Å². The van der Waals surface area contributed by atoms with Crippen molar-refractivity contribution in [3.8, 4) is 0 Å². The van der Waals surface area contributed by atoms with Crippen LogP contribution in [0, 0.1) is 0 Å². The van der Waals surface area contributed by atoms with Crippen LogP contribution in [0.4, 0.5) is 0 Å². The molecule has 0 aromatic rings. The molecule has 0 aliphatic carbocycles. The van der Waals surface area contributed by atoms with Gasteiger partial charge in [-0.25, -0.2) is 0 Å². The average Bonchev–Trinajstić information content (AvgIpc) is 1.60. The summed E-state index contributed by atoms with van der Waals surface area (Å²) in [4.78, 5) is 0. The van der Waals surface area contributed by atoms with Gasteiger partial charge in [0.15, 0.2) is 0 Å². The number of rotatable bonds is 0. The molecule has 0 aromatic heterocycles. The van der Waals surface area contributed by atoms with Crippen LogP contribution in [0.2, 0.25) is 0 Å². The Balaban J connectivity index is 2.41. The van der Waals surface area contributed by atoms with Crippen LogP contribution in [-0.4, -0.2) is 16.1 Å². The second-order valence-electron chi connectivity index (χ2n) is 3.20. The third-order valence-corrected chi connectivity index (χ3v) is 2.70. The monoisotopic (exact) mass is 240 g/mol. The first kappa shape index (κ1) is 7.79. The molecule has 1 heterocycles. The maximum atomic E-state index is 5.53. The van der Waals surface area contributed by atoms with Crippen molar-refractivity contribution in [2.45, 2.75) is 36.2 Å². The van der Waals surface area contributed by atoms with E-state index >= 15 is 0 Å². The van der Waals surface area contributed by atoms with Crippen molar-refractivity contribution in [3.63, 3.8) is 0 Å². The molecule has 1 nitrogen and oxygen atoms in total. The third-order valence-electron chi connectivity index (χ3n) is 1.64. The second-order valence-corrected chi connectivity index (χ2v) is 4.96. The molecular formula is C7H13IO. The fourth-order valence-electron chi connectivity index (χ4n) is 1.16. The van der Waals surface area contributed by atoms with Gasteiger partial charge in [0.25, 0.3) is 0 Å². The molecule has 0 N–H and O–H groups in total. The summed E-state index contributed by atoms with van der Waals surface area (Å²) < 4.78 is 6.36. The van der Waals surface area contributed by atoms with Crippen LogP contribution < -0.4 is 0 Å². The molecule has 1 fully saturated rings. The molecule has 1 unspecified atom stereocenters. The Morgan fingerprint density at radius 1 is 1.56 bits per heavy atom. The summed E-state index contributed by atoms with van der Waals surface area (Å²) in [5.41, 5.74) is 0.143. The molecule has 1 aliphatic heterocycles. The fourth-order valence-corrected chi connectivity index (χ4v) is 2.47. The van der Waals surface area contributed by atoms with Crippen LogP contribution in [0.15, 0.2) is 0 Å². The van der Waals surface area contributed by atoms with Crippen LogP contribution in [0.1, 0.15) is 26.7 Å². The van der Waals surface area contributed by atoms with Gasteiger partial charge in [0.2, 0.25) is 0 Å². The number of hydrogen-bond acceptors (Lipinski definition) is 1. The summed E-state index contributed by atoms with van der Waals surface area (Å²) >= 11 is 2.50. The molecule has 9 heavy (non-hydrogen) atoms. The van der Waals surface area contributed by atoms with Crippen molar-refractivity contribution in [1.82, 2.24) is 0 Å². The predicted octanol–water partition coefficient (Wildman–Crippen LogP) is 2.38. The second kappa shape index (κ2) is 2.74. The summed E-state index contributed by atoms with van der Waals surface area (Å²) in [6.45, 7) is 5.27. The van der Waals surface area contributed by atoms with Gasteiger partial charge in [0.1, 0.15) is 0 Å². The normalized spacial score (nSPS) is 34.3. The summed E-state index contributed by atoms with van der Waals surface area (Å²) in [7, 11) is 0. The lowest BCUT2D eigenvalue weighted by atomic mass is 9.99. The van der Waals surface area contributed by atoms with Crippen LogP contribution in [0.5, 0.6) is 0 Å². The third kappa shape index (κ3) is 2.42. The van der Waals surface area contributed by atoms with E-state index in [0.29, 0.717) is 0 Å². The molecule has 0 saturated carbocycles. The van der Waals surface area contributed by atoms with Gasteiger partial charge in [-0.1, -0.05) is 22.6 Å². The Kier molecular flexibility index (Phi) is 2.37. The lowest BCUT2D eigenvalue weighted by Gasteiger charge is -2.32. The number of hydrogen-bond donors (Lipinski definition) is 0. The van der Waals surface area contributed by atoms with Crippen molar-refractivity contribution in [2.75, 3.05) is 6.61 Å². The van der Waals surface area contributed by atoms with E-state index in [0.717, 1.165) is 10.5 Å². The minimum Gasteiger partial charge on any atom is -0.375 e. The Labute approximate surface area is 70.3 Å². The van der Waals surface area contributed by atoms with E-state index in [-0.39, 0.29) is 5.60 Å². The number of halogens is 1. The summed E-state index contributed by atoms with van der Waals surface area (Å²) in [6.07, 6.45) is 2.43. The quantitative estimate of drug-likeness (QED) is 0.466. The van der Waals surface area contributed by atoms with Crippen molar-refractivity contribution in [3.05, 3.63) is 0 Å². The van der Waals surface area contributed by atoms with Crippen LogP contribution in [0.25, 0.3) is 0 Å². The molecule has 1 saturated heterocycles. The first-order chi connectivity index (χ1) is 4.10. The predicted molar refractivity (Wildman–Crippen MR) is 47.1 cm³/mol. The van der Waals surface area contributed by atoms with E-state index in [2.05, 4.69) is 36.4 Å². The molecule has 1 atom stereocenters. The Bertz CT molecular complexity index is 101. The Morgan fingerprint density at radius 2 is 2.22 bits per heavy atom. The van der Waals surface area contributed by atoms with Crippen molar-refractivity contribution in [1.29, 1.82) is 0 Å². The maximum absolute atomic E-state index is 5.53. The molecule has 1 aliphatic rings. The van der Waals surface area contributed by atoms with Gasteiger partial charge in [0.05, 0.1) is 5.60 Å². The maximum Gasteiger partial charge on any atom is 0.0636 e. The highest BCUT2D eigenvalue weighted by atomic mass is 127. The Hall–Kier alpha value is 0.690. The zero-order chi connectivity index (χ0) is 6.91. The van der Waals surface area contributed by atoms with Crippen molar-refractivity contribution >= 4 is 22.6 Å². The topological polar surface area (TPSA) is 9.23 Å². The van der Waals surface area contributed by atoms with Gasteiger partial charge in [-0.05, 0) is 26.7 Å². The molecule has 0 aromatic carbocycles. The summed E-state index contributed by atoms with van der Waals surface area (Å²) in [5, 5.41) is 0. The van der Waals surface area contributed by atoms with E-state index in [1.54, 1.807) is 0 Å². The van der Waals surface area contributed by atoms with E-state index in [9.17, 15) is 0 Å². The van der Waals surface area contributed by atoms with Gasteiger partial charge in [-0.3, -0.25) is 0 Å². The van der Waals surface area contributed by atoms with Gasteiger partial charge in [-0.15, -0.1) is 0 Å². The highest BCUT2D eigenvalue weighted by molar-refractivity contribution is 14.1. The summed E-state index contributed by atoms with van der Waals surface area (Å²) in [5.74, 6) is 0. The van der Waals surface area contributed by atoms with E-state index < -0.39 is 0 Å². The van der Waals surface area contributed by atoms with Crippen LogP contribution in [0.3, 0.4) is 0 Å². The average molecular weight is 240 g/mol. The highest BCUT2D eigenvalue weighted by Crippen LogP contribution is 2.28. The number of alkyl halides is 1.